The Balaban J connectivity index is 2.78. The van der Waals surface area contributed by atoms with Crippen LogP contribution in [0.4, 0.5) is 5.69 Å². The van der Waals surface area contributed by atoms with Crippen LogP contribution < -0.4 is 0 Å². The van der Waals surface area contributed by atoms with E-state index in [0.717, 1.165) is 5.69 Å². The molecular formula is C10H7ClN2O2. The number of fused-ring (bicyclic) bond motifs is 1. The number of hydrogen-bond acceptors (Lipinski definition) is 3. The Morgan fingerprint density at radius 3 is 2.80 bits per heavy atom. The molecule has 2 aromatic rings. The van der Waals surface area contributed by atoms with E-state index in [1.165, 1.54) is 12.1 Å². The predicted octanol–water partition coefficient (Wildman–Crippen LogP) is 3.10. The third kappa shape index (κ3) is 1.76. The fraction of sp³-hybridized carbons (Fsp3) is 0.100. The summed E-state index contributed by atoms with van der Waals surface area (Å²) in [4.78, 5) is 14.3. The first-order valence-electron chi connectivity index (χ1n) is 4.29. The molecular weight excluding hydrogens is 216 g/mol. The van der Waals surface area contributed by atoms with Crippen molar-refractivity contribution >= 4 is 28.2 Å². The van der Waals surface area contributed by atoms with E-state index in [0.29, 0.717) is 15.9 Å². The van der Waals surface area contributed by atoms with Gasteiger partial charge in [-0.05, 0) is 13.0 Å². The van der Waals surface area contributed by atoms with Gasteiger partial charge in [-0.3, -0.25) is 15.1 Å². The average Bonchev–Trinajstić information content (AvgIpc) is 2.18. The highest BCUT2D eigenvalue weighted by Crippen LogP contribution is 2.27. The molecule has 5 heteroatoms. The van der Waals surface area contributed by atoms with Crippen LogP contribution in [0.25, 0.3) is 10.9 Å². The number of aryl methyl sites for hydroxylation is 1. The highest BCUT2D eigenvalue weighted by Gasteiger charge is 2.10. The summed E-state index contributed by atoms with van der Waals surface area (Å²) in [5, 5.41) is 11.6. The number of hydrogen-bond donors (Lipinski definition) is 0. The number of rotatable bonds is 1. The zero-order valence-electron chi connectivity index (χ0n) is 7.90. The number of pyridine rings is 1. The SMILES string of the molecule is Cc1ccc2cc([N+](=O)[O-])cc(Cl)c2n1. The van der Waals surface area contributed by atoms with E-state index in [2.05, 4.69) is 4.98 Å². The van der Waals surface area contributed by atoms with E-state index in [9.17, 15) is 10.1 Å². The van der Waals surface area contributed by atoms with Gasteiger partial charge in [-0.25, -0.2) is 0 Å². The second-order valence-electron chi connectivity index (χ2n) is 3.21. The molecule has 0 unspecified atom stereocenters. The molecule has 0 aliphatic rings. The summed E-state index contributed by atoms with van der Waals surface area (Å²) in [6, 6.07) is 6.35. The number of non-ortho nitro benzene ring substituents is 1. The van der Waals surface area contributed by atoms with Gasteiger partial charge in [0.15, 0.2) is 0 Å². The zero-order valence-corrected chi connectivity index (χ0v) is 8.65. The molecule has 0 radical (unpaired) electrons. The molecule has 0 atom stereocenters. The molecule has 0 amide bonds. The first kappa shape index (κ1) is 9.86. The second kappa shape index (κ2) is 3.47. The van der Waals surface area contributed by atoms with Gasteiger partial charge in [-0.2, -0.15) is 0 Å². The second-order valence-corrected chi connectivity index (χ2v) is 3.62. The molecule has 0 aliphatic carbocycles. The van der Waals surface area contributed by atoms with Crippen LogP contribution in [-0.4, -0.2) is 9.91 Å². The van der Waals surface area contributed by atoms with Gasteiger partial charge in [-0.1, -0.05) is 17.7 Å². The molecule has 0 saturated carbocycles. The maximum atomic E-state index is 10.6. The Morgan fingerprint density at radius 2 is 2.13 bits per heavy atom. The maximum Gasteiger partial charge on any atom is 0.271 e. The Kier molecular flexibility index (Phi) is 2.28. The zero-order chi connectivity index (χ0) is 11.0. The Bertz CT molecular complexity index is 554. The average molecular weight is 223 g/mol. The largest absolute Gasteiger partial charge is 0.271 e. The van der Waals surface area contributed by atoms with Crippen molar-refractivity contribution in [3.05, 3.63) is 45.1 Å². The molecule has 76 valence electrons. The lowest BCUT2D eigenvalue weighted by atomic mass is 10.2. The van der Waals surface area contributed by atoms with Gasteiger partial charge in [-0.15, -0.1) is 0 Å². The van der Waals surface area contributed by atoms with Crippen LogP contribution in [0.3, 0.4) is 0 Å². The topological polar surface area (TPSA) is 56.0 Å². The van der Waals surface area contributed by atoms with Crippen molar-refractivity contribution in [2.75, 3.05) is 0 Å². The first-order chi connectivity index (χ1) is 7.08. The number of aromatic nitrogens is 1. The van der Waals surface area contributed by atoms with Crippen LogP contribution in [-0.2, 0) is 0 Å². The van der Waals surface area contributed by atoms with E-state index in [1.54, 1.807) is 12.1 Å². The number of nitro groups is 1. The van der Waals surface area contributed by atoms with Crippen LogP contribution in [0, 0.1) is 17.0 Å². The Labute approximate surface area is 90.7 Å². The van der Waals surface area contributed by atoms with Crippen LogP contribution in [0.1, 0.15) is 5.69 Å². The monoisotopic (exact) mass is 222 g/mol. The van der Waals surface area contributed by atoms with Crippen molar-refractivity contribution in [3.8, 4) is 0 Å². The molecule has 1 aromatic heterocycles. The lowest BCUT2D eigenvalue weighted by molar-refractivity contribution is -0.384. The summed E-state index contributed by atoms with van der Waals surface area (Å²) in [5.74, 6) is 0. The quantitative estimate of drug-likeness (QED) is 0.550. The van der Waals surface area contributed by atoms with Crippen LogP contribution in [0.15, 0.2) is 24.3 Å². The van der Waals surface area contributed by atoms with Crippen molar-refractivity contribution < 1.29 is 4.92 Å². The van der Waals surface area contributed by atoms with Gasteiger partial charge in [0.2, 0.25) is 0 Å². The van der Waals surface area contributed by atoms with Crippen molar-refractivity contribution in [1.82, 2.24) is 4.98 Å². The van der Waals surface area contributed by atoms with E-state index in [-0.39, 0.29) is 5.69 Å². The van der Waals surface area contributed by atoms with Crippen molar-refractivity contribution in [2.45, 2.75) is 6.92 Å². The van der Waals surface area contributed by atoms with Crippen molar-refractivity contribution in [2.24, 2.45) is 0 Å². The molecule has 0 bridgehead atoms. The summed E-state index contributed by atoms with van der Waals surface area (Å²) in [6.07, 6.45) is 0. The third-order valence-electron chi connectivity index (χ3n) is 2.08. The lowest BCUT2D eigenvalue weighted by Gasteiger charge is -2.01. The molecule has 0 saturated heterocycles. The Morgan fingerprint density at radius 1 is 1.40 bits per heavy atom. The molecule has 1 aromatic carbocycles. The fourth-order valence-electron chi connectivity index (χ4n) is 1.38. The van der Waals surface area contributed by atoms with E-state index in [4.69, 9.17) is 11.6 Å². The number of nitro benzene ring substituents is 1. The smallest absolute Gasteiger partial charge is 0.258 e. The first-order valence-corrected chi connectivity index (χ1v) is 4.67. The van der Waals surface area contributed by atoms with Gasteiger partial charge in [0.25, 0.3) is 5.69 Å². The van der Waals surface area contributed by atoms with Gasteiger partial charge >= 0.3 is 0 Å². The molecule has 0 fully saturated rings. The van der Waals surface area contributed by atoms with Gasteiger partial charge in [0.1, 0.15) is 0 Å². The van der Waals surface area contributed by atoms with Crippen molar-refractivity contribution in [1.29, 1.82) is 0 Å². The summed E-state index contributed by atoms with van der Waals surface area (Å²) in [6.45, 7) is 1.84. The highest BCUT2D eigenvalue weighted by molar-refractivity contribution is 6.35. The lowest BCUT2D eigenvalue weighted by Crippen LogP contribution is -1.90. The van der Waals surface area contributed by atoms with Crippen LogP contribution in [0.2, 0.25) is 5.02 Å². The standard InChI is InChI=1S/C10H7ClN2O2/c1-6-2-3-7-4-8(13(14)15)5-9(11)10(7)12-6/h2-5H,1H3. The minimum absolute atomic E-state index is 0.0156. The summed E-state index contributed by atoms with van der Waals surface area (Å²) in [7, 11) is 0. The van der Waals surface area contributed by atoms with E-state index in [1.807, 2.05) is 6.92 Å². The maximum absolute atomic E-state index is 10.6. The normalized spacial score (nSPS) is 10.5. The molecule has 0 N–H and O–H groups in total. The molecule has 1 heterocycles. The predicted molar refractivity (Wildman–Crippen MR) is 58.1 cm³/mol. The summed E-state index contributed by atoms with van der Waals surface area (Å²) < 4.78 is 0. The van der Waals surface area contributed by atoms with Gasteiger partial charge in [0.05, 0.1) is 15.5 Å². The minimum atomic E-state index is -0.467. The fourth-order valence-corrected chi connectivity index (χ4v) is 1.64. The molecule has 15 heavy (non-hydrogen) atoms. The van der Waals surface area contributed by atoms with Crippen molar-refractivity contribution in [3.63, 3.8) is 0 Å². The van der Waals surface area contributed by atoms with Gasteiger partial charge < -0.3 is 0 Å². The third-order valence-corrected chi connectivity index (χ3v) is 2.37. The highest BCUT2D eigenvalue weighted by atomic mass is 35.5. The molecule has 0 spiro atoms. The molecule has 2 rings (SSSR count). The number of halogens is 1. The van der Waals surface area contributed by atoms with Crippen LogP contribution in [0.5, 0.6) is 0 Å². The Hall–Kier alpha value is -1.68. The van der Waals surface area contributed by atoms with E-state index < -0.39 is 4.92 Å². The van der Waals surface area contributed by atoms with E-state index >= 15 is 0 Å². The van der Waals surface area contributed by atoms with Gasteiger partial charge in [0, 0.05) is 23.2 Å². The molecule has 0 aliphatic heterocycles. The molecule has 4 nitrogen and oxygen atoms in total. The number of nitrogens with zero attached hydrogens (tertiary/aromatic N) is 2. The summed E-state index contributed by atoms with van der Waals surface area (Å²) >= 11 is 5.91. The minimum Gasteiger partial charge on any atom is -0.258 e. The summed E-state index contributed by atoms with van der Waals surface area (Å²) in [5.41, 5.74) is 1.42. The van der Waals surface area contributed by atoms with Crippen LogP contribution >= 0.6 is 11.6 Å². The number of benzene rings is 1.